The number of halogens is 1. The molecule has 4 heterocycles. The molecule has 4 rings (SSSR count). The van der Waals surface area contributed by atoms with Crippen LogP contribution in [0.2, 0.25) is 0 Å². The first-order chi connectivity index (χ1) is 11.2. The fourth-order valence-electron chi connectivity index (χ4n) is 3.92. The second-order valence-electron chi connectivity index (χ2n) is 6.80. The minimum Gasteiger partial charge on any atom is -0.472 e. The molecule has 3 saturated heterocycles. The van der Waals surface area contributed by atoms with Gasteiger partial charge in [-0.3, -0.25) is 4.90 Å². The largest absolute Gasteiger partial charge is 0.472 e. The maximum Gasteiger partial charge on any atom is 0.250 e. The maximum absolute atomic E-state index is 13.7. The summed E-state index contributed by atoms with van der Waals surface area (Å²) in [5.41, 5.74) is -0.119. The Labute approximate surface area is 135 Å². The second kappa shape index (κ2) is 6.34. The predicted octanol–water partition coefficient (Wildman–Crippen LogP) is 2.01. The Kier molecular flexibility index (Phi) is 4.22. The van der Waals surface area contributed by atoms with Crippen LogP contribution >= 0.6 is 0 Å². The minimum atomic E-state index is -0.398. The Morgan fingerprint density at radius 3 is 2.83 bits per heavy atom. The number of hydrogen-bond donors (Lipinski definition) is 0. The van der Waals surface area contributed by atoms with E-state index in [0.717, 1.165) is 52.0 Å². The third-order valence-corrected chi connectivity index (χ3v) is 5.14. The van der Waals surface area contributed by atoms with Crippen LogP contribution in [0.15, 0.2) is 18.3 Å². The number of ether oxygens (including phenoxy) is 3. The zero-order valence-corrected chi connectivity index (χ0v) is 13.2. The summed E-state index contributed by atoms with van der Waals surface area (Å²) >= 11 is 0. The number of rotatable bonds is 3. The quantitative estimate of drug-likeness (QED) is 0.852. The van der Waals surface area contributed by atoms with Crippen LogP contribution in [-0.2, 0) is 9.47 Å². The molecule has 1 aromatic rings. The molecule has 1 spiro atoms. The van der Waals surface area contributed by atoms with Crippen molar-refractivity contribution in [2.24, 2.45) is 0 Å². The van der Waals surface area contributed by atoms with E-state index >= 15 is 0 Å². The fourth-order valence-corrected chi connectivity index (χ4v) is 3.92. The van der Waals surface area contributed by atoms with Gasteiger partial charge in [-0.05, 0) is 25.0 Å². The summed E-state index contributed by atoms with van der Waals surface area (Å²) in [5, 5.41) is 0. The first kappa shape index (κ1) is 15.3. The third-order valence-electron chi connectivity index (χ3n) is 5.14. The molecule has 1 atom stereocenters. The van der Waals surface area contributed by atoms with Crippen LogP contribution in [0, 0.1) is 5.82 Å². The topological polar surface area (TPSA) is 43.8 Å². The summed E-state index contributed by atoms with van der Waals surface area (Å²) < 4.78 is 31.0. The normalized spacial score (nSPS) is 28.5. The molecule has 23 heavy (non-hydrogen) atoms. The Morgan fingerprint density at radius 1 is 1.22 bits per heavy atom. The van der Waals surface area contributed by atoms with Gasteiger partial charge in [-0.1, -0.05) is 0 Å². The molecule has 0 saturated carbocycles. The van der Waals surface area contributed by atoms with Crippen LogP contribution in [0.1, 0.15) is 25.7 Å². The molecule has 0 bridgehead atoms. The molecule has 1 aromatic heterocycles. The van der Waals surface area contributed by atoms with E-state index in [2.05, 4.69) is 9.88 Å². The van der Waals surface area contributed by atoms with Gasteiger partial charge in [0.25, 0.3) is 5.88 Å². The molecular formula is C17H23FN2O3. The standard InChI is InChI=1S/C17H23FN2O3/c18-15-2-1-6-19-16(15)23-14-5-9-22-17(10-14)11-20(12-17)13-3-7-21-8-4-13/h1-2,6,13-14H,3-5,7-12H2/t14-/m0/s1. The van der Waals surface area contributed by atoms with E-state index in [9.17, 15) is 4.39 Å². The Hall–Kier alpha value is -1.24. The van der Waals surface area contributed by atoms with Gasteiger partial charge in [0.15, 0.2) is 5.82 Å². The maximum atomic E-state index is 13.7. The van der Waals surface area contributed by atoms with Gasteiger partial charge in [0.05, 0.1) is 12.2 Å². The van der Waals surface area contributed by atoms with Crippen LogP contribution in [0.25, 0.3) is 0 Å². The Bertz CT molecular complexity index is 544. The highest BCUT2D eigenvalue weighted by atomic mass is 19.1. The summed E-state index contributed by atoms with van der Waals surface area (Å²) in [5.74, 6) is -0.291. The smallest absolute Gasteiger partial charge is 0.250 e. The zero-order valence-electron chi connectivity index (χ0n) is 13.2. The molecule has 0 aromatic carbocycles. The summed E-state index contributed by atoms with van der Waals surface area (Å²) in [6, 6.07) is 3.58. The Balaban J connectivity index is 1.34. The molecule has 0 aliphatic carbocycles. The van der Waals surface area contributed by atoms with Crippen LogP contribution < -0.4 is 4.74 Å². The minimum absolute atomic E-state index is 0.0232. The van der Waals surface area contributed by atoms with Gasteiger partial charge in [-0.15, -0.1) is 0 Å². The molecule has 126 valence electrons. The van der Waals surface area contributed by atoms with E-state index in [-0.39, 0.29) is 17.6 Å². The molecule has 3 aliphatic heterocycles. The summed E-state index contributed by atoms with van der Waals surface area (Å²) in [4.78, 5) is 6.48. The second-order valence-corrected chi connectivity index (χ2v) is 6.80. The van der Waals surface area contributed by atoms with Crippen molar-refractivity contribution in [3.8, 4) is 5.88 Å². The number of aromatic nitrogens is 1. The van der Waals surface area contributed by atoms with Crippen LogP contribution in [0.3, 0.4) is 0 Å². The summed E-state index contributed by atoms with van der Waals surface area (Å²) in [7, 11) is 0. The summed E-state index contributed by atoms with van der Waals surface area (Å²) in [6.45, 7) is 4.28. The molecule has 6 heteroatoms. The zero-order chi connectivity index (χ0) is 15.7. The fraction of sp³-hybridized carbons (Fsp3) is 0.706. The van der Waals surface area contributed by atoms with E-state index < -0.39 is 5.82 Å². The van der Waals surface area contributed by atoms with E-state index in [4.69, 9.17) is 14.2 Å². The number of nitrogens with zero attached hydrogens (tertiary/aromatic N) is 2. The molecule has 5 nitrogen and oxygen atoms in total. The lowest BCUT2D eigenvalue weighted by molar-refractivity contribution is -0.200. The third kappa shape index (κ3) is 3.20. The lowest BCUT2D eigenvalue weighted by Gasteiger charge is -2.56. The number of hydrogen-bond acceptors (Lipinski definition) is 5. The van der Waals surface area contributed by atoms with E-state index in [1.165, 1.54) is 6.07 Å². The molecule has 0 N–H and O–H groups in total. The van der Waals surface area contributed by atoms with Gasteiger partial charge in [0.1, 0.15) is 6.10 Å². The molecule has 0 unspecified atom stereocenters. The lowest BCUT2D eigenvalue weighted by atomic mass is 9.82. The molecule has 0 radical (unpaired) electrons. The van der Waals surface area contributed by atoms with Gasteiger partial charge in [-0.2, -0.15) is 0 Å². The number of likely N-dealkylation sites (tertiary alicyclic amines) is 1. The predicted molar refractivity (Wildman–Crippen MR) is 81.9 cm³/mol. The highest BCUT2D eigenvalue weighted by molar-refractivity contribution is 5.14. The molecule has 0 amide bonds. The summed E-state index contributed by atoms with van der Waals surface area (Å²) in [6.07, 6.45) is 5.34. The van der Waals surface area contributed by atoms with E-state index in [1.807, 2.05) is 0 Å². The molecule has 3 fully saturated rings. The van der Waals surface area contributed by atoms with Crippen LogP contribution in [-0.4, -0.2) is 60.5 Å². The molecular weight excluding hydrogens is 299 g/mol. The average Bonchev–Trinajstić information content (AvgIpc) is 2.56. The van der Waals surface area contributed by atoms with Crippen molar-refractivity contribution in [3.05, 3.63) is 24.1 Å². The van der Waals surface area contributed by atoms with Crippen molar-refractivity contribution in [3.63, 3.8) is 0 Å². The van der Waals surface area contributed by atoms with Crippen LogP contribution in [0.5, 0.6) is 5.88 Å². The monoisotopic (exact) mass is 322 g/mol. The van der Waals surface area contributed by atoms with Gasteiger partial charge < -0.3 is 14.2 Å². The van der Waals surface area contributed by atoms with Crippen molar-refractivity contribution >= 4 is 0 Å². The lowest BCUT2D eigenvalue weighted by Crippen LogP contribution is -2.68. The van der Waals surface area contributed by atoms with Gasteiger partial charge in [0.2, 0.25) is 0 Å². The van der Waals surface area contributed by atoms with E-state index in [0.29, 0.717) is 12.6 Å². The van der Waals surface area contributed by atoms with Crippen molar-refractivity contribution in [1.82, 2.24) is 9.88 Å². The van der Waals surface area contributed by atoms with Crippen molar-refractivity contribution in [2.75, 3.05) is 32.9 Å². The van der Waals surface area contributed by atoms with E-state index in [1.54, 1.807) is 12.3 Å². The first-order valence-electron chi connectivity index (χ1n) is 8.47. The van der Waals surface area contributed by atoms with Gasteiger partial charge in [-0.25, -0.2) is 9.37 Å². The molecule has 3 aliphatic rings. The highest BCUT2D eigenvalue weighted by Crippen LogP contribution is 2.38. The van der Waals surface area contributed by atoms with Crippen LogP contribution in [0.4, 0.5) is 4.39 Å². The SMILES string of the molecule is Fc1cccnc1O[C@H]1CCOC2(C1)CN(C1CCOCC1)C2. The number of pyridine rings is 1. The first-order valence-corrected chi connectivity index (χ1v) is 8.47. The average molecular weight is 322 g/mol. The van der Waals surface area contributed by atoms with Gasteiger partial charge >= 0.3 is 0 Å². The highest BCUT2D eigenvalue weighted by Gasteiger charge is 2.50. The van der Waals surface area contributed by atoms with Gasteiger partial charge in [0, 0.05) is 51.4 Å². The Morgan fingerprint density at radius 2 is 2.04 bits per heavy atom. The van der Waals surface area contributed by atoms with Crippen molar-refractivity contribution < 1.29 is 18.6 Å². The van der Waals surface area contributed by atoms with Crippen molar-refractivity contribution in [2.45, 2.75) is 43.4 Å². The van der Waals surface area contributed by atoms with Crippen molar-refractivity contribution in [1.29, 1.82) is 0 Å².